The highest BCUT2D eigenvalue weighted by Gasteiger charge is 2.31. The zero-order valence-electron chi connectivity index (χ0n) is 20.4. The summed E-state index contributed by atoms with van der Waals surface area (Å²) >= 11 is 0. The van der Waals surface area contributed by atoms with E-state index < -0.39 is 11.7 Å². The predicted octanol–water partition coefficient (Wildman–Crippen LogP) is 2.95. The second-order valence-electron chi connectivity index (χ2n) is 9.38. The van der Waals surface area contributed by atoms with Crippen LogP contribution in [0.4, 0.5) is 13.2 Å². The summed E-state index contributed by atoms with van der Waals surface area (Å²) in [6, 6.07) is 4.96. The SMILES string of the molecule is C[C@H]1CN([C@@H](C)CO)C(=O)CCCn2cc(nn2)CO[C@H]1CN(C)Cc1cccc(C(F)(F)F)c1. The summed E-state index contributed by atoms with van der Waals surface area (Å²) in [4.78, 5) is 16.5. The number of alkyl halides is 3. The van der Waals surface area contributed by atoms with Crippen molar-refractivity contribution in [1.29, 1.82) is 0 Å². The topological polar surface area (TPSA) is 83.7 Å². The molecule has 1 aliphatic heterocycles. The predicted molar refractivity (Wildman–Crippen MR) is 123 cm³/mol. The molecule has 0 fully saturated rings. The zero-order chi connectivity index (χ0) is 25.6. The van der Waals surface area contributed by atoms with Crippen LogP contribution in [-0.2, 0) is 35.4 Å². The number of rotatable bonds is 6. The smallest absolute Gasteiger partial charge is 0.394 e. The Hall–Kier alpha value is -2.50. The van der Waals surface area contributed by atoms with Gasteiger partial charge in [0, 0.05) is 38.5 Å². The molecule has 0 saturated heterocycles. The fourth-order valence-corrected chi connectivity index (χ4v) is 4.22. The third-order valence-electron chi connectivity index (χ3n) is 6.24. The second-order valence-corrected chi connectivity index (χ2v) is 9.38. The Labute approximate surface area is 203 Å². The van der Waals surface area contributed by atoms with E-state index in [1.807, 2.05) is 25.8 Å². The summed E-state index contributed by atoms with van der Waals surface area (Å²) in [5, 5.41) is 17.9. The van der Waals surface area contributed by atoms with Crippen LogP contribution in [0.3, 0.4) is 0 Å². The van der Waals surface area contributed by atoms with E-state index >= 15 is 0 Å². The van der Waals surface area contributed by atoms with Gasteiger partial charge >= 0.3 is 6.18 Å². The number of likely N-dealkylation sites (N-methyl/N-ethyl adjacent to an activating group) is 1. The van der Waals surface area contributed by atoms with Crippen molar-refractivity contribution in [1.82, 2.24) is 24.8 Å². The number of aromatic nitrogens is 3. The number of nitrogens with zero attached hydrogens (tertiary/aromatic N) is 5. The Morgan fingerprint density at radius 1 is 1.34 bits per heavy atom. The van der Waals surface area contributed by atoms with E-state index in [9.17, 15) is 23.1 Å². The third kappa shape index (κ3) is 7.74. The van der Waals surface area contributed by atoms with Gasteiger partial charge in [0.05, 0.1) is 37.1 Å². The molecule has 1 aromatic heterocycles. The van der Waals surface area contributed by atoms with Crippen molar-refractivity contribution in [2.24, 2.45) is 5.92 Å². The minimum absolute atomic E-state index is 0.0472. The van der Waals surface area contributed by atoms with Crippen molar-refractivity contribution in [3.63, 3.8) is 0 Å². The number of halogens is 3. The average Bonchev–Trinajstić information content (AvgIpc) is 3.26. The van der Waals surface area contributed by atoms with Crippen LogP contribution in [0.25, 0.3) is 0 Å². The fourth-order valence-electron chi connectivity index (χ4n) is 4.22. The van der Waals surface area contributed by atoms with Crippen molar-refractivity contribution < 1.29 is 27.8 Å². The van der Waals surface area contributed by atoms with Gasteiger partial charge in [0.15, 0.2) is 0 Å². The Morgan fingerprint density at radius 2 is 2.11 bits per heavy atom. The minimum atomic E-state index is -4.39. The van der Waals surface area contributed by atoms with Crippen molar-refractivity contribution in [3.05, 3.63) is 47.3 Å². The zero-order valence-corrected chi connectivity index (χ0v) is 20.4. The van der Waals surface area contributed by atoms with E-state index in [0.29, 0.717) is 50.3 Å². The van der Waals surface area contributed by atoms with Gasteiger partial charge in [0.2, 0.25) is 5.91 Å². The molecule has 1 aliphatic rings. The summed E-state index contributed by atoms with van der Waals surface area (Å²) < 4.78 is 47.2. The number of ether oxygens (including phenoxy) is 1. The summed E-state index contributed by atoms with van der Waals surface area (Å²) in [6.07, 6.45) is -2.00. The number of aliphatic hydroxyl groups is 1. The van der Waals surface area contributed by atoms with Crippen LogP contribution in [0.15, 0.2) is 30.5 Å². The molecule has 2 bridgehead atoms. The number of carbonyl (C=O) groups is 1. The molecule has 0 spiro atoms. The molecule has 1 N–H and O–H groups in total. The molecule has 8 nitrogen and oxygen atoms in total. The maximum absolute atomic E-state index is 13.1. The molecular weight excluding hydrogens is 463 g/mol. The van der Waals surface area contributed by atoms with Gasteiger partial charge in [-0.2, -0.15) is 13.2 Å². The highest BCUT2D eigenvalue weighted by molar-refractivity contribution is 5.76. The monoisotopic (exact) mass is 497 g/mol. The lowest BCUT2D eigenvalue weighted by Crippen LogP contribution is -2.47. The highest BCUT2D eigenvalue weighted by Crippen LogP contribution is 2.29. The molecule has 1 aromatic carbocycles. The number of aliphatic hydroxyl groups excluding tert-OH is 1. The molecule has 11 heteroatoms. The normalized spacial score (nSPS) is 21.4. The molecule has 194 valence electrons. The number of fused-ring (bicyclic) bond motifs is 2. The van der Waals surface area contributed by atoms with Crippen LogP contribution in [0.5, 0.6) is 0 Å². The summed E-state index contributed by atoms with van der Waals surface area (Å²) in [6.45, 7) is 5.56. The van der Waals surface area contributed by atoms with Crippen LogP contribution in [0, 0.1) is 5.92 Å². The standard InChI is InChI=1S/C24H34F3N5O3/c1-17-11-32(18(2)15-33)23(34)8-5-9-31-13-21(28-29-31)16-35-22(17)14-30(3)12-19-6-4-7-20(10-19)24(25,26)27/h4,6-7,10,13,17-18,22,33H,5,8-9,11-12,14-16H2,1-3H3/t17-,18-,22-/m0/s1. The first-order valence-corrected chi connectivity index (χ1v) is 11.8. The molecule has 3 atom stereocenters. The number of aryl methyl sites for hydroxylation is 1. The maximum Gasteiger partial charge on any atom is 0.416 e. The lowest BCUT2D eigenvalue weighted by atomic mass is 10.0. The van der Waals surface area contributed by atoms with Gasteiger partial charge in [-0.15, -0.1) is 5.10 Å². The van der Waals surface area contributed by atoms with Gasteiger partial charge in [-0.05, 0) is 32.0 Å². The molecule has 2 aromatic rings. The van der Waals surface area contributed by atoms with Gasteiger partial charge in [-0.3, -0.25) is 14.4 Å². The number of carbonyl (C=O) groups excluding carboxylic acids is 1. The Kier molecular flexibility index (Phi) is 9.26. The van der Waals surface area contributed by atoms with Gasteiger partial charge in [0.25, 0.3) is 0 Å². The lowest BCUT2D eigenvalue weighted by Gasteiger charge is -2.35. The molecule has 35 heavy (non-hydrogen) atoms. The van der Waals surface area contributed by atoms with Crippen LogP contribution in [0.2, 0.25) is 0 Å². The van der Waals surface area contributed by atoms with Crippen molar-refractivity contribution in [3.8, 4) is 0 Å². The molecule has 3 rings (SSSR count). The van der Waals surface area contributed by atoms with Gasteiger partial charge in [-0.1, -0.05) is 30.3 Å². The van der Waals surface area contributed by atoms with Crippen molar-refractivity contribution in [2.75, 3.05) is 26.7 Å². The molecule has 0 unspecified atom stereocenters. The summed E-state index contributed by atoms with van der Waals surface area (Å²) in [5.74, 6) is -0.151. The van der Waals surface area contributed by atoms with E-state index in [-0.39, 0.29) is 37.2 Å². The summed E-state index contributed by atoms with van der Waals surface area (Å²) in [5.41, 5.74) is 0.549. The second kappa shape index (κ2) is 12.0. The number of hydrogen-bond acceptors (Lipinski definition) is 6. The highest BCUT2D eigenvalue weighted by atomic mass is 19.4. The average molecular weight is 498 g/mol. The molecule has 2 heterocycles. The van der Waals surface area contributed by atoms with E-state index in [1.54, 1.807) is 21.8 Å². The maximum atomic E-state index is 13.1. The van der Waals surface area contributed by atoms with Crippen molar-refractivity contribution >= 4 is 5.91 Å². The van der Waals surface area contributed by atoms with Crippen LogP contribution in [0.1, 0.15) is 43.5 Å². The van der Waals surface area contributed by atoms with E-state index in [2.05, 4.69) is 10.3 Å². The van der Waals surface area contributed by atoms with Gasteiger partial charge in [0.1, 0.15) is 5.69 Å². The van der Waals surface area contributed by atoms with E-state index in [1.165, 1.54) is 6.07 Å². The van der Waals surface area contributed by atoms with E-state index in [0.717, 1.165) is 12.1 Å². The Bertz CT molecular complexity index is 968. The minimum Gasteiger partial charge on any atom is -0.394 e. The number of hydrogen-bond donors (Lipinski definition) is 1. The quantitative estimate of drug-likeness (QED) is 0.661. The van der Waals surface area contributed by atoms with E-state index in [4.69, 9.17) is 4.74 Å². The molecule has 0 radical (unpaired) electrons. The third-order valence-corrected chi connectivity index (χ3v) is 6.24. The molecule has 0 saturated carbocycles. The fraction of sp³-hybridized carbons (Fsp3) is 0.625. The lowest BCUT2D eigenvalue weighted by molar-refractivity contribution is -0.138. The Morgan fingerprint density at radius 3 is 2.83 bits per heavy atom. The van der Waals surface area contributed by atoms with Gasteiger partial charge < -0.3 is 14.7 Å². The van der Waals surface area contributed by atoms with Crippen LogP contribution in [-0.4, -0.2) is 74.7 Å². The first-order valence-electron chi connectivity index (χ1n) is 11.8. The number of amides is 1. The largest absolute Gasteiger partial charge is 0.416 e. The van der Waals surface area contributed by atoms with Crippen molar-refractivity contribution in [2.45, 2.75) is 64.7 Å². The first kappa shape index (κ1) is 27.1. The molecule has 1 amide bonds. The Balaban J connectivity index is 1.76. The van der Waals surface area contributed by atoms with Gasteiger partial charge in [-0.25, -0.2) is 0 Å². The van der Waals surface area contributed by atoms with Crippen LogP contribution < -0.4 is 0 Å². The first-order chi connectivity index (χ1) is 16.6. The molecular formula is C24H34F3N5O3. The summed E-state index contributed by atoms with van der Waals surface area (Å²) in [7, 11) is 1.83. The van der Waals surface area contributed by atoms with Crippen LogP contribution >= 0.6 is 0 Å². The molecule has 0 aliphatic carbocycles. The number of benzene rings is 1.